The summed E-state index contributed by atoms with van der Waals surface area (Å²) in [5.74, 6) is 0. The van der Waals surface area contributed by atoms with Crippen LogP contribution in [0.5, 0.6) is 0 Å². The zero-order valence-electron chi connectivity index (χ0n) is 12.6. The van der Waals surface area contributed by atoms with E-state index in [1.165, 1.54) is 11.8 Å². The van der Waals surface area contributed by atoms with E-state index < -0.39 is 13.9 Å². The molecule has 6 nitrogen and oxygen atoms in total. The summed E-state index contributed by atoms with van der Waals surface area (Å²) < 4.78 is 15.9. The van der Waals surface area contributed by atoms with Crippen LogP contribution in [0.3, 0.4) is 0 Å². The molecule has 24 heavy (non-hydrogen) atoms. The molecular formula is C15H15BrClN2O4P. The predicted molar refractivity (Wildman–Crippen MR) is 98.8 cm³/mol. The number of nitrogen functional groups attached to an aromatic ring is 1. The van der Waals surface area contributed by atoms with Crippen LogP contribution in [0.1, 0.15) is 17.2 Å². The Labute approximate surface area is 152 Å². The number of aryl methyl sites for hydroxylation is 1. The molecule has 4 N–H and O–H groups in total. The van der Waals surface area contributed by atoms with Gasteiger partial charge in [0, 0.05) is 21.9 Å². The third-order valence-corrected chi connectivity index (χ3v) is 4.87. The van der Waals surface area contributed by atoms with Gasteiger partial charge < -0.3 is 15.5 Å². The molecule has 0 saturated heterocycles. The van der Waals surface area contributed by atoms with Crippen LogP contribution in [-0.4, -0.2) is 16.0 Å². The van der Waals surface area contributed by atoms with Crippen molar-refractivity contribution in [3.8, 4) is 0 Å². The number of halogens is 2. The molecular weight excluding hydrogens is 419 g/mol. The van der Waals surface area contributed by atoms with Crippen molar-refractivity contribution in [1.29, 1.82) is 0 Å². The molecule has 0 fully saturated rings. The van der Waals surface area contributed by atoms with Crippen LogP contribution in [0.15, 0.2) is 45.9 Å². The van der Waals surface area contributed by atoms with Crippen molar-refractivity contribution < 1.29 is 18.9 Å². The number of nitrogens with zero attached hydrogens (tertiary/aromatic N) is 1. The number of phosphoric ester groups is 1. The average molecular weight is 434 g/mol. The summed E-state index contributed by atoms with van der Waals surface area (Å²) in [6, 6.07) is 11.2. The van der Waals surface area contributed by atoms with Gasteiger partial charge in [-0.1, -0.05) is 29.3 Å². The molecule has 2 aromatic carbocycles. The van der Waals surface area contributed by atoms with Crippen LogP contribution in [0.4, 0.5) is 11.4 Å². The third kappa shape index (κ3) is 5.14. The Kier molecular flexibility index (Phi) is 6.20. The number of benzene rings is 2. The first kappa shape index (κ1) is 19.1. The summed E-state index contributed by atoms with van der Waals surface area (Å²) in [5, 5.41) is 0.341. The largest absolute Gasteiger partial charge is 0.470 e. The molecule has 0 aromatic heterocycles. The summed E-state index contributed by atoms with van der Waals surface area (Å²) in [5.41, 5.74) is 8.51. The minimum atomic E-state index is -4.57. The van der Waals surface area contributed by atoms with E-state index in [1.807, 2.05) is 31.2 Å². The molecule has 2 aromatic rings. The van der Waals surface area contributed by atoms with Crippen molar-refractivity contribution in [2.45, 2.75) is 13.0 Å². The van der Waals surface area contributed by atoms with Gasteiger partial charge in [-0.3, -0.25) is 9.52 Å². The minimum Gasteiger partial charge on any atom is -0.399 e. The first-order valence-electron chi connectivity index (χ1n) is 6.75. The molecule has 0 saturated carbocycles. The number of nitrogens with two attached hydrogens (primary N) is 1. The molecule has 0 spiro atoms. The topological polar surface area (TPSA) is 105 Å². The number of anilines is 1. The Morgan fingerprint density at radius 3 is 2.42 bits per heavy atom. The van der Waals surface area contributed by atoms with Gasteiger partial charge in [0.2, 0.25) is 0 Å². The van der Waals surface area contributed by atoms with Gasteiger partial charge in [-0.05, 0) is 47.1 Å². The van der Waals surface area contributed by atoms with Crippen LogP contribution in [-0.2, 0) is 9.09 Å². The number of hydrogen-bond donors (Lipinski definition) is 3. The number of phosphoric acid groups is 1. The van der Waals surface area contributed by atoms with E-state index in [0.29, 0.717) is 20.7 Å². The molecule has 1 heterocycles. The van der Waals surface area contributed by atoms with E-state index in [0.717, 1.165) is 5.69 Å². The summed E-state index contributed by atoms with van der Waals surface area (Å²) >= 11 is 9.22. The van der Waals surface area contributed by atoms with E-state index in [9.17, 15) is 4.57 Å². The van der Waals surface area contributed by atoms with Crippen molar-refractivity contribution in [2.24, 2.45) is 4.99 Å². The Morgan fingerprint density at radius 1 is 1.25 bits per heavy atom. The Morgan fingerprint density at radius 2 is 1.88 bits per heavy atom. The summed E-state index contributed by atoms with van der Waals surface area (Å²) in [6.45, 7) is 2.04. The fourth-order valence-corrected chi connectivity index (χ4v) is 3.03. The van der Waals surface area contributed by atoms with Crippen molar-refractivity contribution >= 4 is 52.9 Å². The Balaban J connectivity index is 0.000000219. The molecule has 1 atom stereocenters. The summed E-state index contributed by atoms with van der Waals surface area (Å²) in [6.07, 6.45) is 0.392. The van der Waals surface area contributed by atoms with Crippen molar-refractivity contribution in [3.63, 3.8) is 0 Å². The van der Waals surface area contributed by atoms with E-state index >= 15 is 0 Å². The van der Waals surface area contributed by atoms with Gasteiger partial charge in [-0.2, -0.15) is 0 Å². The fourth-order valence-electron chi connectivity index (χ4n) is 1.96. The van der Waals surface area contributed by atoms with Crippen LogP contribution < -0.4 is 5.73 Å². The highest BCUT2D eigenvalue weighted by Crippen LogP contribution is 2.48. The highest BCUT2D eigenvalue weighted by molar-refractivity contribution is 9.10. The third-order valence-electron chi connectivity index (χ3n) is 3.07. The first-order valence-corrected chi connectivity index (χ1v) is 9.45. The fraction of sp³-hybridized carbons (Fsp3) is 0.133. The Hall–Kier alpha value is -1.21. The monoisotopic (exact) mass is 432 g/mol. The maximum atomic E-state index is 10.7. The van der Waals surface area contributed by atoms with Gasteiger partial charge in [0.1, 0.15) is 6.10 Å². The van der Waals surface area contributed by atoms with E-state index in [4.69, 9.17) is 27.1 Å². The van der Waals surface area contributed by atoms with E-state index in [1.54, 1.807) is 12.1 Å². The van der Waals surface area contributed by atoms with Gasteiger partial charge in [0.05, 0.1) is 10.7 Å². The van der Waals surface area contributed by atoms with Crippen molar-refractivity contribution in [3.05, 3.63) is 57.0 Å². The molecule has 128 valence electrons. The second kappa shape index (κ2) is 7.78. The SMILES string of the molecule is Cc1ccc(N)cc1.O=P(O)(O)OC1C=Nc2ccc(Br)c(Cl)c21. The molecule has 0 aliphatic carbocycles. The van der Waals surface area contributed by atoms with Gasteiger partial charge in [-0.25, -0.2) is 4.57 Å². The highest BCUT2D eigenvalue weighted by Gasteiger charge is 2.30. The smallest absolute Gasteiger partial charge is 0.399 e. The molecule has 9 heteroatoms. The quantitative estimate of drug-likeness (QED) is 0.476. The zero-order chi connectivity index (χ0) is 17.9. The number of rotatable bonds is 2. The number of fused-ring (bicyclic) bond motifs is 1. The Bertz CT molecular complexity index is 787. The lowest BCUT2D eigenvalue weighted by molar-refractivity contribution is 0.176. The van der Waals surface area contributed by atoms with Gasteiger partial charge in [0.15, 0.2) is 0 Å². The van der Waals surface area contributed by atoms with Crippen LogP contribution in [0, 0.1) is 6.92 Å². The lowest BCUT2D eigenvalue weighted by Gasteiger charge is -2.13. The molecule has 0 radical (unpaired) electrons. The summed E-state index contributed by atoms with van der Waals surface area (Å²) in [4.78, 5) is 21.4. The van der Waals surface area contributed by atoms with Crippen LogP contribution in [0.25, 0.3) is 0 Å². The first-order chi connectivity index (χ1) is 11.2. The zero-order valence-corrected chi connectivity index (χ0v) is 15.8. The van der Waals surface area contributed by atoms with Crippen molar-refractivity contribution in [1.82, 2.24) is 0 Å². The highest BCUT2D eigenvalue weighted by atomic mass is 79.9. The van der Waals surface area contributed by atoms with E-state index in [-0.39, 0.29) is 0 Å². The molecule has 0 amide bonds. The van der Waals surface area contributed by atoms with Gasteiger partial charge in [-0.15, -0.1) is 0 Å². The standard InChI is InChI=1S/C8H6BrClNO4P.C7H9N/c9-4-1-2-5-7(8(4)10)6(3-11-5)15-16(12,13)14;1-6-2-4-7(8)5-3-6/h1-3,6H,(H2,12,13,14);2-5H,8H2,1H3. The molecule has 0 bridgehead atoms. The predicted octanol–water partition coefficient (Wildman–Crippen LogP) is 4.55. The van der Waals surface area contributed by atoms with Crippen LogP contribution in [0.2, 0.25) is 5.02 Å². The summed E-state index contributed by atoms with van der Waals surface area (Å²) in [7, 11) is -4.57. The minimum absolute atomic E-state index is 0.341. The average Bonchev–Trinajstić information content (AvgIpc) is 2.88. The maximum absolute atomic E-state index is 10.7. The second-order valence-electron chi connectivity index (χ2n) is 5.00. The van der Waals surface area contributed by atoms with Gasteiger partial charge >= 0.3 is 7.82 Å². The normalized spacial score (nSPS) is 15.6. The van der Waals surface area contributed by atoms with Gasteiger partial charge in [0.25, 0.3) is 0 Å². The molecule has 3 rings (SSSR count). The number of aliphatic imine (C=N–C) groups is 1. The lowest BCUT2D eigenvalue weighted by atomic mass is 10.1. The van der Waals surface area contributed by atoms with Crippen LogP contribution >= 0.6 is 35.4 Å². The number of hydrogen-bond acceptors (Lipinski definition) is 4. The lowest BCUT2D eigenvalue weighted by Crippen LogP contribution is -2.01. The molecule has 1 unspecified atom stereocenters. The second-order valence-corrected chi connectivity index (χ2v) is 7.42. The maximum Gasteiger partial charge on any atom is 0.470 e. The van der Waals surface area contributed by atoms with E-state index in [2.05, 4.69) is 25.4 Å². The molecule has 1 aliphatic heterocycles. The van der Waals surface area contributed by atoms with Crippen molar-refractivity contribution in [2.75, 3.05) is 5.73 Å². The molecule has 1 aliphatic rings.